The summed E-state index contributed by atoms with van der Waals surface area (Å²) in [4.78, 5) is 41.1. The lowest BCUT2D eigenvalue weighted by Gasteiger charge is -2.04. The molecule has 1 rings (SSSR count). The van der Waals surface area contributed by atoms with Gasteiger partial charge in [0.2, 0.25) is 0 Å². The van der Waals surface area contributed by atoms with Crippen LogP contribution in [0.2, 0.25) is 0 Å². The van der Waals surface area contributed by atoms with Crippen molar-refractivity contribution in [1.29, 1.82) is 0 Å². The summed E-state index contributed by atoms with van der Waals surface area (Å²) >= 11 is 0. The summed E-state index contributed by atoms with van der Waals surface area (Å²) in [5.74, 6) is -2.73. The number of hydrogen-bond acceptors (Lipinski definition) is 8. The molecule has 0 heterocycles. The monoisotopic (exact) mass is 326 g/mol. The zero-order valence-corrected chi connectivity index (χ0v) is 11.3. The molecule has 23 heavy (non-hydrogen) atoms. The fraction of sp³-hybridized carbons (Fsp3) is 0.182. The van der Waals surface area contributed by atoms with E-state index in [0.717, 1.165) is 12.1 Å². The molecule has 0 aromatic heterocycles. The Morgan fingerprint density at radius 2 is 1.78 bits per heavy atom. The Balaban J connectivity index is 3.08. The van der Waals surface area contributed by atoms with Gasteiger partial charge in [-0.05, 0) is 6.07 Å². The number of nitro benzene ring substituents is 2. The second-order valence-electron chi connectivity index (χ2n) is 4.08. The SMILES string of the molecule is O=C(O)CC/C(=N\Nc1ccc([N+](=O)[O-])cc1[N+](=O)[O-])C(=O)O. The lowest BCUT2D eigenvalue weighted by molar-refractivity contribution is -0.393. The highest BCUT2D eigenvalue weighted by atomic mass is 16.6. The second kappa shape index (κ2) is 7.44. The number of hydrogen-bond donors (Lipinski definition) is 3. The van der Waals surface area contributed by atoms with E-state index in [1.165, 1.54) is 0 Å². The number of benzene rings is 1. The molecule has 0 radical (unpaired) electrons. The van der Waals surface area contributed by atoms with Gasteiger partial charge in [-0.3, -0.25) is 30.4 Å². The number of nitrogens with zero attached hydrogens (tertiary/aromatic N) is 3. The minimum Gasteiger partial charge on any atom is -0.481 e. The van der Waals surface area contributed by atoms with Gasteiger partial charge in [0.1, 0.15) is 11.4 Å². The minimum absolute atomic E-state index is 0.269. The predicted molar refractivity (Wildman–Crippen MR) is 75.3 cm³/mol. The largest absolute Gasteiger partial charge is 0.481 e. The Labute approximate surface area is 127 Å². The Morgan fingerprint density at radius 3 is 2.26 bits per heavy atom. The number of aliphatic carboxylic acids is 2. The molecule has 12 nitrogen and oxygen atoms in total. The van der Waals surface area contributed by atoms with E-state index in [4.69, 9.17) is 10.2 Å². The number of nitrogens with one attached hydrogen (secondary N) is 1. The van der Waals surface area contributed by atoms with Gasteiger partial charge in [-0.2, -0.15) is 5.10 Å². The van der Waals surface area contributed by atoms with Gasteiger partial charge in [0.25, 0.3) is 5.69 Å². The third-order valence-corrected chi connectivity index (χ3v) is 2.52. The zero-order valence-electron chi connectivity index (χ0n) is 11.3. The molecule has 0 amide bonds. The van der Waals surface area contributed by atoms with Crippen molar-refractivity contribution in [3.05, 3.63) is 38.4 Å². The molecule has 1 aromatic rings. The summed E-state index contributed by atoms with van der Waals surface area (Å²) < 4.78 is 0. The van der Waals surface area contributed by atoms with E-state index in [9.17, 15) is 29.8 Å². The molecular formula is C11H10N4O8. The van der Waals surface area contributed by atoms with Gasteiger partial charge in [-0.1, -0.05) is 0 Å². The molecule has 12 heteroatoms. The van der Waals surface area contributed by atoms with Crippen molar-refractivity contribution in [1.82, 2.24) is 0 Å². The number of non-ortho nitro benzene ring substituents is 1. The number of carboxylic acids is 2. The molecule has 0 aliphatic heterocycles. The maximum absolute atomic E-state index is 10.9. The number of nitro groups is 2. The Morgan fingerprint density at radius 1 is 1.13 bits per heavy atom. The summed E-state index contributed by atoms with van der Waals surface area (Å²) in [6, 6.07) is 2.66. The van der Waals surface area contributed by atoms with Crippen molar-refractivity contribution >= 4 is 34.7 Å². The zero-order chi connectivity index (χ0) is 17.6. The number of hydrazone groups is 1. The van der Waals surface area contributed by atoms with Gasteiger partial charge in [0.15, 0.2) is 0 Å². The van der Waals surface area contributed by atoms with Crippen molar-refractivity contribution in [2.24, 2.45) is 5.10 Å². The van der Waals surface area contributed by atoms with Gasteiger partial charge in [0.05, 0.1) is 22.3 Å². The maximum Gasteiger partial charge on any atom is 0.352 e. The third-order valence-electron chi connectivity index (χ3n) is 2.52. The third kappa shape index (κ3) is 5.04. The van der Waals surface area contributed by atoms with Crippen LogP contribution in [0.4, 0.5) is 17.1 Å². The van der Waals surface area contributed by atoms with Crippen LogP contribution in [0.15, 0.2) is 23.3 Å². The summed E-state index contributed by atoms with van der Waals surface area (Å²) in [6.45, 7) is 0. The standard InChI is InChI=1S/C11H10N4O8/c16-10(17)4-3-8(11(18)19)13-12-7-2-1-6(14(20)21)5-9(7)15(22)23/h1-2,5,12H,3-4H2,(H,16,17)(H,18,19)/b13-8+. The summed E-state index contributed by atoms with van der Waals surface area (Å²) in [7, 11) is 0. The number of carbonyl (C=O) groups is 2. The fourth-order valence-corrected chi connectivity index (χ4v) is 1.44. The van der Waals surface area contributed by atoms with Gasteiger partial charge in [-0.15, -0.1) is 0 Å². The topological polar surface area (TPSA) is 185 Å². The number of carboxylic acid groups (broad SMARTS) is 2. The van der Waals surface area contributed by atoms with Crippen LogP contribution in [0.25, 0.3) is 0 Å². The van der Waals surface area contributed by atoms with Crippen LogP contribution in [-0.2, 0) is 9.59 Å². The number of anilines is 1. The molecule has 0 aliphatic carbocycles. The van der Waals surface area contributed by atoms with E-state index in [2.05, 4.69) is 10.5 Å². The van der Waals surface area contributed by atoms with Crippen molar-refractivity contribution in [3.8, 4) is 0 Å². The molecule has 0 unspecified atom stereocenters. The van der Waals surface area contributed by atoms with Crippen LogP contribution in [0.3, 0.4) is 0 Å². The lowest BCUT2D eigenvalue weighted by Crippen LogP contribution is -2.16. The maximum atomic E-state index is 10.9. The lowest BCUT2D eigenvalue weighted by atomic mass is 10.2. The summed E-state index contributed by atoms with van der Waals surface area (Å²) in [6.07, 6.45) is -0.895. The molecule has 0 fully saturated rings. The fourth-order valence-electron chi connectivity index (χ4n) is 1.44. The van der Waals surface area contributed by atoms with E-state index in [1.54, 1.807) is 0 Å². The van der Waals surface area contributed by atoms with E-state index < -0.39 is 51.7 Å². The molecule has 0 saturated carbocycles. The first-order valence-corrected chi connectivity index (χ1v) is 5.93. The minimum atomic E-state index is -1.50. The predicted octanol–water partition coefficient (Wildman–Crippen LogP) is 1.22. The first-order chi connectivity index (χ1) is 10.7. The first kappa shape index (κ1) is 17.5. The molecule has 122 valence electrons. The second-order valence-corrected chi connectivity index (χ2v) is 4.08. The van der Waals surface area contributed by atoms with Crippen LogP contribution < -0.4 is 5.43 Å². The van der Waals surface area contributed by atoms with E-state index in [-0.39, 0.29) is 5.69 Å². The Kier molecular flexibility index (Phi) is 5.66. The molecule has 1 aromatic carbocycles. The normalized spacial score (nSPS) is 10.9. The Bertz CT molecular complexity index is 699. The van der Waals surface area contributed by atoms with E-state index in [0.29, 0.717) is 6.07 Å². The van der Waals surface area contributed by atoms with Crippen LogP contribution in [0, 0.1) is 20.2 Å². The first-order valence-electron chi connectivity index (χ1n) is 5.93. The molecule has 3 N–H and O–H groups in total. The van der Waals surface area contributed by atoms with Crippen molar-refractivity contribution in [2.75, 3.05) is 5.43 Å². The number of rotatable bonds is 8. The Hall–Kier alpha value is -3.57. The van der Waals surface area contributed by atoms with Crippen LogP contribution in [0.5, 0.6) is 0 Å². The quantitative estimate of drug-likeness (QED) is 0.358. The van der Waals surface area contributed by atoms with Crippen molar-refractivity contribution in [3.63, 3.8) is 0 Å². The molecule has 0 bridgehead atoms. The van der Waals surface area contributed by atoms with Gasteiger partial charge in [0, 0.05) is 12.5 Å². The highest BCUT2D eigenvalue weighted by molar-refractivity contribution is 6.35. The van der Waals surface area contributed by atoms with E-state index in [1.807, 2.05) is 0 Å². The molecular weight excluding hydrogens is 316 g/mol. The molecule has 0 spiro atoms. The van der Waals surface area contributed by atoms with Crippen LogP contribution >= 0.6 is 0 Å². The van der Waals surface area contributed by atoms with Crippen molar-refractivity contribution in [2.45, 2.75) is 12.8 Å². The highest BCUT2D eigenvalue weighted by Crippen LogP contribution is 2.28. The average Bonchev–Trinajstić information content (AvgIpc) is 2.46. The van der Waals surface area contributed by atoms with Crippen molar-refractivity contribution < 1.29 is 29.6 Å². The van der Waals surface area contributed by atoms with E-state index >= 15 is 0 Å². The van der Waals surface area contributed by atoms with Gasteiger partial charge < -0.3 is 10.2 Å². The van der Waals surface area contributed by atoms with Crippen LogP contribution in [0.1, 0.15) is 12.8 Å². The molecule has 0 saturated heterocycles. The van der Waals surface area contributed by atoms with Gasteiger partial charge >= 0.3 is 17.6 Å². The average molecular weight is 326 g/mol. The van der Waals surface area contributed by atoms with Crippen LogP contribution in [-0.4, -0.2) is 37.7 Å². The molecule has 0 aliphatic rings. The molecule has 0 atom stereocenters. The summed E-state index contributed by atoms with van der Waals surface area (Å²) in [5.41, 5.74) is 0.0984. The smallest absolute Gasteiger partial charge is 0.352 e. The van der Waals surface area contributed by atoms with Gasteiger partial charge in [-0.25, -0.2) is 4.79 Å². The summed E-state index contributed by atoms with van der Waals surface area (Å²) in [5, 5.41) is 42.3. The highest BCUT2D eigenvalue weighted by Gasteiger charge is 2.20.